The second-order valence-corrected chi connectivity index (χ2v) is 9.28. The van der Waals surface area contributed by atoms with Crippen molar-refractivity contribution in [1.29, 1.82) is 0 Å². The van der Waals surface area contributed by atoms with Gasteiger partial charge in [-0.1, -0.05) is 13.0 Å². The van der Waals surface area contributed by atoms with Crippen molar-refractivity contribution in [3.05, 3.63) is 39.4 Å². The quantitative estimate of drug-likeness (QED) is 0.584. The van der Waals surface area contributed by atoms with Gasteiger partial charge in [0.1, 0.15) is 0 Å². The van der Waals surface area contributed by atoms with Gasteiger partial charge in [0.15, 0.2) is 0 Å². The Morgan fingerprint density at radius 1 is 1.12 bits per heavy atom. The Morgan fingerprint density at radius 3 is 2.50 bits per heavy atom. The molecule has 5 heteroatoms. The SMILES string of the molecule is CN(C)C12CC3c4cc([N+](=O)[O-])ccc4C4CC(C)(CC43C1)C2.Cl. The predicted molar refractivity (Wildman–Crippen MR) is 95.9 cm³/mol. The summed E-state index contributed by atoms with van der Waals surface area (Å²) >= 11 is 0. The molecule has 3 fully saturated rings. The zero-order valence-electron chi connectivity index (χ0n) is 14.5. The Bertz CT molecular complexity index is 751. The van der Waals surface area contributed by atoms with Crippen LogP contribution in [0.2, 0.25) is 0 Å². The smallest absolute Gasteiger partial charge is 0.269 e. The molecule has 1 aromatic rings. The van der Waals surface area contributed by atoms with E-state index in [0.29, 0.717) is 28.2 Å². The van der Waals surface area contributed by atoms with Crippen LogP contribution >= 0.6 is 12.4 Å². The summed E-state index contributed by atoms with van der Waals surface area (Å²) in [4.78, 5) is 13.5. The number of benzene rings is 1. The van der Waals surface area contributed by atoms with Gasteiger partial charge >= 0.3 is 0 Å². The summed E-state index contributed by atoms with van der Waals surface area (Å²) < 4.78 is 0. The van der Waals surface area contributed by atoms with Crippen LogP contribution in [0, 0.1) is 20.9 Å². The molecule has 1 aromatic carbocycles. The van der Waals surface area contributed by atoms with Crippen LogP contribution in [-0.4, -0.2) is 29.5 Å². The molecule has 0 saturated heterocycles. The van der Waals surface area contributed by atoms with Crippen molar-refractivity contribution in [2.75, 3.05) is 14.1 Å². The first-order chi connectivity index (χ1) is 10.8. The third-order valence-electron chi connectivity index (χ3n) is 7.82. The van der Waals surface area contributed by atoms with Crippen LogP contribution in [0.25, 0.3) is 0 Å². The number of halogens is 1. The summed E-state index contributed by atoms with van der Waals surface area (Å²) in [7, 11) is 4.46. The third kappa shape index (κ3) is 1.69. The zero-order chi connectivity index (χ0) is 16.2. The van der Waals surface area contributed by atoms with Crippen LogP contribution in [-0.2, 0) is 0 Å². The molecular formula is C19H25ClN2O2. The lowest BCUT2D eigenvalue weighted by Crippen LogP contribution is -2.48. The number of hydrogen-bond acceptors (Lipinski definition) is 3. The summed E-state index contributed by atoms with van der Waals surface area (Å²) in [5, 5.41) is 11.2. The fourth-order valence-electron chi connectivity index (χ4n) is 7.33. The molecule has 130 valence electrons. The minimum Gasteiger partial charge on any atom is -0.304 e. The van der Waals surface area contributed by atoms with Crippen molar-refractivity contribution in [3.8, 4) is 0 Å². The van der Waals surface area contributed by atoms with E-state index in [4.69, 9.17) is 0 Å². The molecule has 1 spiro atoms. The standard InChI is InChI=1S/C19H24N2O2.ClH/c1-17-7-15-13-5-4-12(21(22)23)6-14(13)16-8-18(9-17,20(2)3)11-19(15,16)10-17;/h4-6,15-16H,7-11H2,1-3H3;1H. The number of nitro groups is 1. The van der Waals surface area contributed by atoms with Crippen molar-refractivity contribution in [2.45, 2.75) is 56.4 Å². The number of nitrogens with zero attached hydrogens (tertiary/aromatic N) is 2. The van der Waals surface area contributed by atoms with Gasteiger partial charge in [-0.05, 0) is 80.0 Å². The van der Waals surface area contributed by atoms with E-state index in [2.05, 4.69) is 32.0 Å². The highest BCUT2D eigenvalue weighted by Gasteiger charge is 2.72. The average Bonchev–Trinajstić information content (AvgIpc) is 2.95. The van der Waals surface area contributed by atoms with Gasteiger partial charge in [-0.15, -0.1) is 12.4 Å². The summed E-state index contributed by atoms with van der Waals surface area (Å²) in [6.45, 7) is 2.48. The molecule has 3 saturated carbocycles. The lowest BCUT2D eigenvalue weighted by molar-refractivity contribution is -0.384. The highest BCUT2D eigenvalue weighted by atomic mass is 35.5. The molecule has 0 amide bonds. The molecule has 0 heterocycles. The number of fused-ring (bicyclic) bond motifs is 5. The fraction of sp³-hybridized carbons (Fsp3) is 0.684. The molecular weight excluding hydrogens is 324 g/mol. The van der Waals surface area contributed by atoms with Gasteiger partial charge in [0.05, 0.1) is 4.92 Å². The molecule has 0 radical (unpaired) electrons. The molecule has 4 aliphatic rings. The summed E-state index contributed by atoms with van der Waals surface area (Å²) in [5.74, 6) is 1.15. The first-order valence-electron chi connectivity index (χ1n) is 8.74. The van der Waals surface area contributed by atoms with E-state index in [0.717, 1.165) is 0 Å². The van der Waals surface area contributed by atoms with Gasteiger partial charge in [0, 0.05) is 17.7 Å². The summed E-state index contributed by atoms with van der Waals surface area (Å²) in [5.41, 5.74) is 4.11. The zero-order valence-corrected chi connectivity index (χ0v) is 15.4. The normalized spacial score (nSPS) is 43.7. The molecule has 24 heavy (non-hydrogen) atoms. The molecule has 0 N–H and O–H groups in total. The minimum atomic E-state index is -0.237. The van der Waals surface area contributed by atoms with Crippen LogP contribution in [0.3, 0.4) is 0 Å². The van der Waals surface area contributed by atoms with E-state index < -0.39 is 0 Å². The van der Waals surface area contributed by atoms with Crippen LogP contribution in [0.15, 0.2) is 18.2 Å². The van der Waals surface area contributed by atoms with E-state index in [1.807, 2.05) is 6.07 Å². The maximum atomic E-state index is 11.2. The van der Waals surface area contributed by atoms with E-state index in [9.17, 15) is 10.1 Å². The van der Waals surface area contributed by atoms with E-state index in [-0.39, 0.29) is 23.0 Å². The Hall–Kier alpha value is -1.13. The number of hydrogen-bond donors (Lipinski definition) is 0. The largest absolute Gasteiger partial charge is 0.304 e. The average molecular weight is 349 g/mol. The van der Waals surface area contributed by atoms with Gasteiger partial charge in [0.25, 0.3) is 5.69 Å². The minimum absolute atomic E-state index is 0. The Morgan fingerprint density at radius 2 is 1.83 bits per heavy atom. The van der Waals surface area contributed by atoms with Gasteiger partial charge in [-0.25, -0.2) is 0 Å². The van der Waals surface area contributed by atoms with E-state index >= 15 is 0 Å². The number of nitro benzene ring substituents is 1. The maximum Gasteiger partial charge on any atom is 0.269 e. The Kier molecular flexibility index (Phi) is 3.08. The van der Waals surface area contributed by atoms with Crippen molar-refractivity contribution < 1.29 is 4.92 Å². The van der Waals surface area contributed by atoms with Crippen molar-refractivity contribution in [3.63, 3.8) is 0 Å². The number of rotatable bonds is 2. The third-order valence-corrected chi connectivity index (χ3v) is 7.82. The Balaban J connectivity index is 0.00000146. The van der Waals surface area contributed by atoms with E-state index in [1.165, 1.54) is 43.2 Å². The van der Waals surface area contributed by atoms with Gasteiger partial charge in [-0.3, -0.25) is 10.1 Å². The molecule has 5 unspecified atom stereocenters. The molecule has 0 aromatic heterocycles. The van der Waals surface area contributed by atoms with E-state index in [1.54, 1.807) is 6.07 Å². The topological polar surface area (TPSA) is 46.4 Å². The highest BCUT2D eigenvalue weighted by molar-refractivity contribution is 5.85. The van der Waals surface area contributed by atoms with Gasteiger partial charge in [-0.2, -0.15) is 0 Å². The van der Waals surface area contributed by atoms with Crippen molar-refractivity contribution in [1.82, 2.24) is 4.90 Å². The molecule has 4 nitrogen and oxygen atoms in total. The second-order valence-electron chi connectivity index (χ2n) is 9.28. The molecule has 3 bridgehead atoms. The Labute approximate surface area is 149 Å². The molecule has 0 aliphatic heterocycles. The van der Waals surface area contributed by atoms with Crippen LogP contribution in [0.5, 0.6) is 0 Å². The van der Waals surface area contributed by atoms with Crippen LogP contribution in [0.4, 0.5) is 5.69 Å². The summed E-state index contributed by atoms with van der Waals surface area (Å²) in [6.07, 6.45) is 6.33. The lowest BCUT2D eigenvalue weighted by Gasteiger charge is -2.47. The molecule has 5 atom stereocenters. The van der Waals surface area contributed by atoms with Gasteiger partial charge < -0.3 is 4.90 Å². The predicted octanol–water partition coefficient (Wildman–Crippen LogP) is 4.48. The van der Waals surface area contributed by atoms with Gasteiger partial charge in [0.2, 0.25) is 0 Å². The molecule has 5 rings (SSSR count). The fourth-order valence-corrected chi connectivity index (χ4v) is 7.33. The van der Waals surface area contributed by atoms with Crippen molar-refractivity contribution >= 4 is 18.1 Å². The first kappa shape index (κ1) is 16.3. The second kappa shape index (κ2) is 4.53. The highest BCUT2D eigenvalue weighted by Crippen LogP contribution is 2.80. The number of non-ortho nitro benzene ring substituents is 1. The summed E-state index contributed by atoms with van der Waals surface area (Å²) in [6, 6.07) is 5.70. The van der Waals surface area contributed by atoms with Crippen molar-refractivity contribution in [2.24, 2.45) is 10.8 Å². The lowest BCUT2D eigenvalue weighted by atomic mass is 9.65. The maximum absolute atomic E-state index is 11.2. The monoisotopic (exact) mass is 348 g/mol. The molecule has 4 aliphatic carbocycles. The van der Waals surface area contributed by atoms with Crippen LogP contribution < -0.4 is 0 Å². The van der Waals surface area contributed by atoms with Crippen LogP contribution in [0.1, 0.15) is 62.0 Å². The first-order valence-corrected chi connectivity index (χ1v) is 8.74.